The van der Waals surface area contributed by atoms with Gasteiger partial charge in [0.05, 0.1) is 11.6 Å². The Bertz CT molecular complexity index is 398. The zero-order chi connectivity index (χ0) is 10.1. The first kappa shape index (κ1) is 8.94. The van der Waals surface area contributed by atoms with E-state index >= 15 is 0 Å². The highest BCUT2D eigenvalue weighted by Gasteiger charge is 2.29. The van der Waals surface area contributed by atoms with Gasteiger partial charge in [0.1, 0.15) is 0 Å². The lowest BCUT2D eigenvalue weighted by Gasteiger charge is -2.24. The first-order chi connectivity index (χ1) is 6.74. The number of carbonyl (C=O) groups is 1. The SMILES string of the molecule is CC[C@H]1C(=N)c2ccccc2NC1=O. The Kier molecular flexibility index (Phi) is 2.08. The first-order valence-corrected chi connectivity index (χ1v) is 4.72. The van der Waals surface area contributed by atoms with Crippen molar-refractivity contribution in [3.05, 3.63) is 29.8 Å². The molecule has 0 fully saturated rings. The highest BCUT2D eigenvalue weighted by Crippen LogP contribution is 2.26. The lowest BCUT2D eigenvalue weighted by molar-refractivity contribution is -0.118. The van der Waals surface area contributed by atoms with Gasteiger partial charge < -0.3 is 10.7 Å². The summed E-state index contributed by atoms with van der Waals surface area (Å²) in [6.07, 6.45) is 0.680. The second-order valence-corrected chi connectivity index (χ2v) is 3.41. The summed E-state index contributed by atoms with van der Waals surface area (Å²) >= 11 is 0. The number of carbonyl (C=O) groups excluding carboxylic acids is 1. The van der Waals surface area contributed by atoms with Crippen LogP contribution in [0.25, 0.3) is 0 Å². The fraction of sp³-hybridized carbons (Fsp3) is 0.273. The molecule has 1 aromatic carbocycles. The maximum Gasteiger partial charge on any atom is 0.233 e. The van der Waals surface area contributed by atoms with Gasteiger partial charge in [0.25, 0.3) is 0 Å². The van der Waals surface area contributed by atoms with Gasteiger partial charge in [0.2, 0.25) is 5.91 Å². The normalized spacial score (nSPS) is 20.2. The smallest absolute Gasteiger partial charge is 0.233 e. The van der Waals surface area contributed by atoms with Crippen molar-refractivity contribution >= 4 is 17.3 Å². The van der Waals surface area contributed by atoms with Gasteiger partial charge in [-0.3, -0.25) is 4.79 Å². The monoisotopic (exact) mass is 188 g/mol. The van der Waals surface area contributed by atoms with Gasteiger partial charge in [-0.1, -0.05) is 25.1 Å². The Morgan fingerprint density at radius 3 is 2.86 bits per heavy atom. The number of benzene rings is 1. The fourth-order valence-corrected chi connectivity index (χ4v) is 1.76. The van der Waals surface area contributed by atoms with Crippen molar-refractivity contribution in [3.63, 3.8) is 0 Å². The van der Waals surface area contributed by atoms with E-state index in [4.69, 9.17) is 5.41 Å². The Morgan fingerprint density at radius 1 is 1.43 bits per heavy atom. The molecule has 0 bridgehead atoms. The van der Waals surface area contributed by atoms with Crippen LogP contribution in [-0.4, -0.2) is 11.6 Å². The molecule has 3 heteroatoms. The summed E-state index contributed by atoms with van der Waals surface area (Å²) in [7, 11) is 0. The summed E-state index contributed by atoms with van der Waals surface area (Å²) in [5, 5.41) is 10.7. The van der Waals surface area contributed by atoms with Crippen molar-refractivity contribution in [2.24, 2.45) is 5.92 Å². The minimum atomic E-state index is -0.287. The summed E-state index contributed by atoms with van der Waals surface area (Å²) in [4.78, 5) is 11.5. The molecular formula is C11H12N2O. The van der Waals surface area contributed by atoms with E-state index < -0.39 is 0 Å². The summed E-state index contributed by atoms with van der Waals surface area (Å²) < 4.78 is 0. The molecule has 1 atom stereocenters. The molecule has 0 unspecified atom stereocenters. The van der Waals surface area contributed by atoms with Gasteiger partial charge >= 0.3 is 0 Å². The summed E-state index contributed by atoms with van der Waals surface area (Å²) in [6, 6.07) is 7.45. The number of rotatable bonds is 1. The Morgan fingerprint density at radius 2 is 2.14 bits per heavy atom. The van der Waals surface area contributed by atoms with Crippen LogP contribution in [0.4, 0.5) is 5.69 Å². The third kappa shape index (κ3) is 1.21. The predicted octanol–water partition coefficient (Wildman–Crippen LogP) is 2.03. The van der Waals surface area contributed by atoms with Crippen molar-refractivity contribution in [3.8, 4) is 0 Å². The van der Waals surface area contributed by atoms with Crippen molar-refractivity contribution in [2.75, 3.05) is 5.32 Å². The number of para-hydroxylation sites is 1. The van der Waals surface area contributed by atoms with Gasteiger partial charge in [-0.2, -0.15) is 0 Å². The van der Waals surface area contributed by atoms with Gasteiger partial charge in [-0.15, -0.1) is 0 Å². The van der Waals surface area contributed by atoms with Gasteiger partial charge in [-0.25, -0.2) is 0 Å². The average molecular weight is 188 g/mol. The zero-order valence-corrected chi connectivity index (χ0v) is 8.00. The predicted molar refractivity (Wildman–Crippen MR) is 55.7 cm³/mol. The van der Waals surface area contributed by atoms with Crippen LogP contribution in [0.1, 0.15) is 18.9 Å². The van der Waals surface area contributed by atoms with Crippen LogP contribution in [-0.2, 0) is 4.79 Å². The van der Waals surface area contributed by atoms with Crippen LogP contribution in [0.5, 0.6) is 0 Å². The summed E-state index contributed by atoms with van der Waals surface area (Å²) in [6.45, 7) is 1.92. The van der Waals surface area contributed by atoms with Crippen LogP contribution >= 0.6 is 0 Å². The minimum Gasteiger partial charge on any atom is -0.325 e. The van der Waals surface area contributed by atoms with Crippen LogP contribution in [0.15, 0.2) is 24.3 Å². The third-order valence-corrected chi connectivity index (χ3v) is 2.55. The van der Waals surface area contributed by atoms with E-state index in [1.54, 1.807) is 0 Å². The van der Waals surface area contributed by atoms with Crippen LogP contribution in [0.3, 0.4) is 0 Å². The molecule has 72 valence electrons. The van der Waals surface area contributed by atoms with E-state index in [9.17, 15) is 4.79 Å². The molecule has 14 heavy (non-hydrogen) atoms. The highest BCUT2D eigenvalue weighted by atomic mass is 16.1. The Labute approximate surface area is 82.6 Å². The minimum absolute atomic E-state index is 0.0591. The second-order valence-electron chi connectivity index (χ2n) is 3.41. The molecular weight excluding hydrogens is 176 g/mol. The topological polar surface area (TPSA) is 53.0 Å². The lowest BCUT2D eigenvalue weighted by Crippen LogP contribution is -2.34. The number of fused-ring (bicyclic) bond motifs is 1. The molecule has 0 aliphatic carbocycles. The molecule has 0 spiro atoms. The van der Waals surface area contributed by atoms with Crippen LogP contribution in [0.2, 0.25) is 0 Å². The third-order valence-electron chi connectivity index (χ3n) is 2.55. The van der Waals surface area contributed by atoms with Crippen LogP contribution in [0, 0.1) is 11.3 Å². The van der Waals surface area contributed by atoms with Crippen molar-refractivity contribution < 1.29 is 4.79 Å². The molecule has 1 heterocycles. The maximum absolute atomic E-state index is 11.5. The van der Waals surface area contributed by atoms with Gasteiger partial charge in [-0.05, 0) is 12.5 Å². The van der Waals surface area contributed by atoms with Crippen molar-refractivity contribution in [1.82, 2.24) is 0 Å². The zero-order valence-electron chi connectivity index (χ0n) is 8.00. The molecule has 1 aliphatic heterocycles. The van der Waals surface area contributed by atoms with E-state index in [0.717, 1.165) is 11.3 Å². The average Bonchev–Trinajstić information content (AvgIpc) is 2.18. The van der Waals surface area contributed by atoms with Gasteiger partial charge in [0, 0.05) is 11.3 Å². The lowest BCUT2D eigenvalue weighted by atomic mass is 9.89. The number of hydrogen-bond acceptors (Lipinski definition) is 2. The molecule has 0 aromatic heterocycles. The largest absolute Gasteiger partial charge is 0.325 e. The standard InChI is InChI=1S/C11H12N2O/c1-2-7-10(12)8-5-3-4-6-9(8)13-11(7)14/h3-7,12H,2H2,1H3,(H,13,14)/t7-/m0/s1. The number of amides is 1. The first-order valence-electron chi connectivity index (χ1n) is 4.72. The molecule has 2 rings (SSSR count). The Hall–Kier alpha value is -1.64. The molecule has 1 aromatic rings. The maximum atomic E-state index is 11.5. The van der Waals surface area contributed by atoms with E-state index in [1.165, 1.54) is 0 Å². The quantitative estimate of drug-likeness (QED) is 0.696. The highest BCUT2D eigenvalue weighted by molar-refractivity contribution is 6.21. The van der Waals surface area contributed by atoms with E-state index in [2.05, 4.69) is 5.32 Å². The molecule has 0 saturated carbocycles. The summed E-state index contributed by atoms with van der Waals surface area (Å²) in [5.41, 5.74) is 2.04. The second kappa shape index (κ2) is 3.25. The van der Waals surface area contributed by atoms with Crippen LogP contribution < -0.4 is 5.32 Å². The van der Waals surface area contributed by atoms with E-state index in [1.807, 2.05) is 31.2 Å². The molecule has 3 nitrogen and oxygen atoms in total. The molecule has 1 amide bonds. The van der Waals surface area contributed by atoms with Gasteiger partial charge in [0.15, 0.2) is 0 Å². The van der Waals surface area contributed by atoms with Crippen molar-refractivity contribution in [2.45, 2.75) is 13.3 Å². The van der Waals surface area contributed by atoms with E-state index in [0.29, 0.717) is 12.1 Å². The molecule has 0 saturated heterocycles. The number of hydrogen-bond donors (Lipinski definition) is 2. The fourth-order valence-electron chi connectivity index (χ4n) is 1.76. The molecule has 0 radical (unpaired) electrons. The summed E-state index contributed by atoms with van der Waals surface area (Å²) in [5.74, 6) is -0.346. The number of nitrogens with one attached hydrogen (secondary N) is 2. The molecule has 2 N–H and O–H groups in total. The Balaban J connectivity index is 2.49. The van der Waals surface area contributed by atoms with Crippen molar-refractivity contribution in [1.29, 1.82) is 5.41 Å². The number of anilines is 1. The van der Waals surface area contributed by atoms with E-state index in [-0.39, 0.29) is 11.8 Å². The molecule has 1 aliphatic rings.